The predicted molar refractivity (Wildman–Crippen MR) is 70.8 cm³/mol. The molecule has 0 spiro atoms. The quantitative estimate of drug-likeness (QED) is 0.687. The van der Waals surface area contributed by atoms with Crippen LogP contribution >= 0.6 is 34.2 Å². The summed E-state index contributed by atoms with van der Waals surface area (Å²) in [6.45, 7) is -0.519. The van der Waals surface area contributed by atoms with Gasteiger partial charge >= 0.3 is 6.18 Å². The van der Waals surface area contributed by atoms with E-state index in [9.17, 15) is 13.2 Å². The van der Waals surface area contributed by atoms with Gasteiger partial charge in [-0.3, -0.25) is 0 Å². The molecule has 0 radical (unpaired) electrons. The lowest BCUT2D eigenvalue weighted by Crippen LogP contribution is -2.23. The molecule has 102 valence electrons. The molecule has 8 heteroatoms. The fourth-order valence-corrected chi connectivity index (χ4v) is 2.31. The topological polar surface area (TPSA) is 52.5 Å². The zero-order chi connectivity index (χ0) is 13.9. The molecule has 0 fully saturated rings. The first kappa shape index (κ1) is 15.8. The Labute approximate surface area is 120 Å². The van der Waals surface area contributed by atoms with Gasteiger partial charge in [0, 0.05) is 15.8 Å². The molecule has 1 atom stereocenters. The summed E-state index contributed by atoms with van der Waals surface area (Å²) in [5, 5.41) is 20.0. The van der Waals surface area contributed by atoms with Gasteiger partial charge in [0.05, 0.1) is 23.3 Å². The van der Waals surface area contributed by atoms with Crippen LogP contribution in [0.3, 0.4) is 0 Å². The first-order valence-electron chi connectivity index (χ1n) is 4.84. The highest BCUT2D eigenvalue weighted by molar-refractivity contribution is 14.1. The summed E-state index contributed by atoms with van der Waals surface area (Å²) >= 11 is 7.37. The van der Waals surface area contributed by atoms with Crippen LogP contribution in [0.4, 0.5) is 18.9 Å². The number of hydrogen-bond acceptors (Lipinski definition) is 3. The Morgan fingerprint density at radius 3 is 2.50 bits per heavy atom. The van der Waals surface area contributed by atoms with Crippen LogP contribution in [0.25, 0.3) is 0 Å². The zero-order valence-corrected chi connectivity index (χ0v) is 11.8. The predicted octanol–water partition coefficient (Wildman–Crippen LogP) is 2.73. The molecule has 0 aliphatic rings. The summed E-state index contributed by atoms with van der Waals surface area (Å²) in [6.07, 6.45) is -5.57. The van der Waals surface area contributed by atoms with Crippen molar-refractivity contribution >= 4 is 39.9 Å². The fourth-order valence-electron chi connectivity index (χ4n) is 1.19. The third kappa shape index (κ3) is 4.15. The number of aliphatic hydroxyl groups is 2. The van der Waals surface area contributed by atoms with E-state index in [0.29, 0.717) is 3.57 Å². The number of rotatable bonds is 4. The molecule has 0 heterocycles. The van der Waals surface area contributed by atoms with Gasteiger partial charge in [0.2, 0.25) is 0 Å². The van der Waals surface area contributed by atoms with Crippen LogP contribution in [0.5, 0.6) is 0 Å². The minimum Gasteiger partial charge on any atom is -0.394 e. The van der Waals surface area contributed by atoms with E-state index >= 15 is 0 Å². The van der Waals surface area contributed by atoms with E-state index in [1.165, 1.54) is 6.07 Å². The van der Waals surface area contributed by atoms with Crippen LogP contribution in [0.2, 0.25) is 5.02 Å². The van der Waals surface area contributed by atoms with Gasteiger partial charge in [-0.05, 0) is 34.7 Å². The molecule has 0 aromatic heterocycles. The number of aliphatic hydroxyl groups excluding tert-OH is 2. The molecule has 0 aliphatic heterocycles. The second-order valence-corrected chi connectivity index (χ2v) is 5.10. The molecule has 18 heavy (non-hydrogen) atoms. The molecule has 0 saturated heterocycles. The van der Waals surface area contributed by atoms with Crippen molar-refractivity contribution in [3.05, 3.63) is 26.3 Å². The lowest BCUT2D eigenvalue weighted by molar-refractivity contribution is -0.137. The summed E-state index contributed by atoms with van der Waals surface area (Å²) in [6, 6.07) is 2.08. The normalized spacial score (nSPS) is 13.5. The van der Waals surface area contributed by atoms with Gasteiger partial charge in [-0.1, -0.05) is 11.6 Å². The standard InChI is InChI=1S/C10H10ClF3INO2/c11-7-2-8(15)9(16-3-5(18)4-17)1-6(7)10(12,13)14/h1-2,5,16-18H,3-4H2. The van der Waals surface area contributed by atoms with E-state index in [2.05, 4.69) is 5.32 Å². The summed E-state index contributed by atoms with van der Waals surface area (Å²) in [5.74, 6) is 0. The fraction of sp³-hybridized carbons (Fsp3) is 0.400. The van der Waals surface area contributed by atoms with E-state index in [4.69, 9.17) is 21.8 Å². The van der Waals surface area contributed by atoms with Gasteiger partial charge in [0.1, 0.15) is 0 Å². The van der Waals surface area contributed by atoms with Crippen molar-refractivity contribution in [1.29, 1.82) is 0 Å². The van der Waals surface area contributed by atoms with Gasteiger partial charge in [-0.2, -0.15) is 13.2 Å². The molecule has 1 rings (SSSR count). The molecule has 0 amide bonds. The number of hydrogen-bond donors (Lipinski definition) is 3. The second-order valence-electron chi connectivity index (χ2n) is 3.53. The van der Waals surface area contributed by atoms with Crippen LogP contribution < -0.4 is 5.32 Å². The van der Waals surface area contributed by atoms with E-state index in [-0.39, 0.29) is 17.3 Å². The summed E-state index contributed by atoms with van der Waals surface area (Å²) < 4.78 is 38.4. The lowest BCUT2D eigenvalue weighted by atomic mass is 10.2. The van der Waals surface area contributed by atoms with Crippen molar-refractivity contribution in [3.8, 4) is 0 Å². The SMILES string of the molecule is OCC(O)CNc1cc(C(F)(F)F)c(Cl)cc1I. The average molecular weight is 396 g/mol. The molecule has 1 aromatic rings. The molecule has 1 aromatic carbocycles. The number of alkyl halides is 3. The monoisotopic (exact) mass is 395 g/mol. The van der Waals surface area contributed by atoms with Crippen LogP contribution in [-0.4, -0.2) is 29.5 Å². The summed E-state index contributed by atoms with van der Waals surface area (Å²) in [7, 11) is 0. The van der Waals surface area contributed by atoms with Gasteiger partial charge < -0.3 is 15.5 Å². The maximum Gasteiger partial charge on any atom is 0.417 e. The average Bonchev–Trinajstić information content (AvgIpc) is 2.25. The Balaban J connectivity index is 2.99. The van der Waals surface area contributed by atoms with Crippen molar-refractivity contribution < 1.29 is 23.4 Å². The third-order valence-electron chi connectivity index (χ3n) is 2.10. The number of anilines is 1. The lowest BCUT2D eigenvalue weighted by Gasteiger charge is -2.15. The second kappa shape index (κ2) is 6.27. The Bertz CT molecular complexity index is 428. The van der Waals surface area contributed by atoms with E-state index < -0.39 is 24.5 Å². The first-order valence-corrected chi connectivity index (χ1v) is 6.30. The number of nitrogens with one attached hydrogen (secondary N) is 1. The number of benzene rings is 1. The van der Waals surface area contributed by atoms with Crippen LogP contribution in [0, 0.1) is 3.57 Å². The van der Waals surface area contributed by atoms with Gasteiger partial charge in [0.25, 0.3) is 0 Å². The van der Waals surface area contributed by atoms with E-state index in [1.807, 2.05) is 22.6 Å². The Kier molecular flexibility index (Phi) is 5.50. The minimum atomic E-state index is -4.53. The van der Waals surface area contributed by atoms with Crippen molar-refractivity contribution in [2.45, 2.75) is 12.3 Å². The van der Waals surface area contributed by atoms with E-state index in [0.717, 1.165) is 6.07 Å². The van der Waals surface area contributed by atoms with Crippen molar-refractivity contribution in [1.82, 2.24) is 0 Å². The highest BCUT2D eigenvalue weighted by Crippen LogP contribution is 2.38. The van der Waals surface area contributed by atoms with Gasteiger partial charge in [-0.15, -0.1) is 0 Å². The highest BCUT2D eigenvalue weighted by atomic mass is 127. The summed E-state index contributed by atoms with van der Waals surface area (Å²) in [5.41, 5.74) is -0.731. The molecule has 0 saturated carbocycles. The van der Waals surface area contributed by atoms with Crippen LogP contribution in [0.1, 0.15) is 5.56 Å². The largest absolute Gasteiger partial charge is 0.417 e. The molecule has 3 nitrogen and oxygen atoms in total. The van der Waals surface area contributed by atoms with Crippen molar-refractivity contribution in [2.24, 2.45) is 0 Å². The van der Waals surface area contributed by atoms with Gasteiger partial charge in [-0.25, -0.2) is 0 Å². The highest BCUT2D eigenvalue weighted by Gasteiger charge is 2.34. The Morgan fingerprint density at radius 2 is 2.00 bits per heavy atom. The van der Waals surface area contributed by atoms with Crippen molar-refractivity contribution in [3.63, 3.8) is 0 Å². The maximum absolute atomic E-state index is 12.6. The van der Waals surface area contributed by atoms with Crippen LogP contribution in [-0.2, 0) is 6.18 Å². The number of halogens is 5. The summed E-state index contributed by atoms with van der Waals surface area (Å²) in [4.78, 5) is 0. The molecular weight excluding hydrogens is 385 g/mol. The molecule has 0 bridgehead atoms. The van der Waals surface area contributed by atoms with Crippen molar-refractivity contribution in [2.75, 3.05) is 18.5 Å². The molecule has 1 unspecified atom stereocenters. The molecule has 0 aliphatic carbocycles. The van der Waals surface area contributed by atoms with E-state index in [1.54, 1.807) is 0 Å². The minimum absolute atomic E-state index is 0.0502. The third-order valence-corrected chi connectivity index (χ3v) is 3.31. The smallest absolute Gasteiger partial charge is 0.394 e. The molecule has 3 N–H and O–H groups in total. The van der Waals surface area contributed by atoms with Gasteiger partial charge in [0.15, 0.2) is 0 Å². The first-order chi connectivity index (χ1) is 8.25. The Morgan fingerprint density at radius 1 is 1.39 bits per heavy atom. The maximum atomic E-state index is 12.6. The molecular formula is C10H10ClF3INO2. The Hall–Kier alpha value is -0.250. The van der Waals surface area contributed by atoms with Crippen LogP contribution in [0.15, 0.2) is 12.1 Å². The zero-order valence-electron chi connectivity index (χ0n) is 8.93.